The van der Waals surface area contributed by atoms with E-state index in [-0.39, 0.29) is 0 Å². The highest BCUT2D eigenvalue weighted by atomic mass is 16.5. The van der Waals surface area contributed by atoms with Crippen LogP contribution in [0.4, 0.5) is 4.79 Å². The molecule has 3 rings (SSSR count). The minimum Gasteiger partial charge on any atom is -0.489 e. The fraction of sp³-hybridized carbons (Fsp3) is 0.118. The fourth-order valence-electron chi connectivity index (χ4n) is 2.20. The lowest BCUT2D eigenvalue weighted by Gasteiger charge is -2.07. The lowest BCUT2D eigenvalue weighted by atomic mass is 10.2. The van der Waals surface area contributed by atoms with Crippen LogP contribution < -0.4 is 4.74 Å². The first-order chi connectivity index (χ1) is 10.3. The predicted octanol–water partition coefficient (Wildman–Crippen LogP) is 3.83. The maximum absolute atomic E-state index is 11.7. The van der Waals surface area contributed by atoms with Crippen molar-refractivity contribution >= 4 is 17.0 Å². The van der Waals surface area contributed by atoms with E-state index in [4.69, 9.17) is 9.47 Å². The second kappa shape index (κ2) is 5.71. The zero-order valence-corrected chi connectivity index (χ0v) is 11.7. The van der Waals surface area contributed by atoms with E-state index in [9.17, 15) is 4.79 Å². The summed E-state index contributed by atoms with van der Waals surface area (Å²) in [5, 5.41) is 0.965. The van der Waals surface area contributed by atoms with Crippen molar-refractivity contribution < 1.29 is 14.3 Å². The Morgan fingerprint density at radius 3 is 2.67 bits per heavy atom. The number of carbonyl (C=O) groups is 1. The molecule has 0 spiro atoms. The topological polar surface area (TPSA) is 40.5 Å². The third kappa shape index (κ3) is 2.74. The van der Waals surface area contributed by atoms with Crippen LogP contribution in [0.15, 0.2) is 60.8 Å². The van der Waals surface area contributed by atoms with Crippen LogP contribution in [-0.4, -0.2) is 17.8 Å². The van der Waals surface area contributed by atoms with Crippen molar-refractivity contribution in [1.82, 2.24) is 4.57 Å². The Morgan fingerprint density at radius 2 is 1.90 bits per heavy atom. The van der Waals surface area contributed by atoms with E-state index in [1.807, 2.05) is 54.6 Å². The molecule has 21 heavy (non-hydrogen) atoms. The van der Waals surface area contributed by atoms with Crippen molar-refractivity contribution in [2.75, 3.05) is 7.11 Å². The molecule has 0 atom stereocenters. The van der Waals surface area contributed by atoms with Gasteiger partial charge in [0.05, 0.1) is 12.6 Å². The number of rotatable bonds is 3. The van der Waals surface area contributed by atoms with Gasteiger partial charge in [0, 0.05) is 17.6 Å². The minimum absolute atomic E-state index is 0.412. The third-order valence-electron chi connectivity index (χ3n) is 3.28. The first-order valence-electron chi connectivity index (χ1n) is 6.64. The van der Waals surface area contributed by atoms with E-state index in [0.29, 0.717) is 6.61 Å². The maximum Gasteiger partial charge on any atom is 0.418 e. The van der Waals surface area contributed by atoms with Gasteiger partial charge in [-0.15, -0.1) is 0 Å². The SMILES string of the molecule is COC(=O)n1ccc2ccc(OCc3ccccc3)cc21. The smallest absolute Gasteiger partial charge is 0.418 e. The van der Waals surface area contributed by atoms with Crippen molar-refractivity contribution in [3.8, 4) is 5.75 Å². The highest BCUT2D eigenvalue weighted by Gasteiger charge is 2.09. The first kappa shape index (κ1) is 13.2. The maximum atomic E-state index is 11.7. The van der Waals surface area contributed by atoms with Gasteiger partial charge in [0.25, 0.3) is 0 Å². The molecule has 0 fully saturated rings. The Morgan fingerprint density at radius 1 is 1.10 bits per heavy atom. The van der Waals surface area contributed by atoms with Gasteiger partial charge in [-0.25, -0.2) is 4.79 Å². The molecular formula is C17H15NO3. The average Bonchev–Trinajstić information content (AvgIpc) is 2.96. The monoisotopic (exact) mass is 281 g/mol. The zero-order chi connectivity index (χ0) is 14.7. The van der Waals surface area contributed by atoms with Gasteiger partial charge < -0.3 is 9.47 Å². The Labute approximate surface area is 122 Å². The van der Waals surface area contributed by atoms with Crippen LogP contribution in [0.5, 0.6) is 5.75 Å². The lowest BCUT2D eigenvalue weighted by Crippen LogP contribution is -2.09. The van der Waals surface area contributed by atoms with Crippen LogP contribution in [0.2, 0.25) is 0 Å². The molecule has 3 aromatic rings. The molecule has 0 bridgehead atoms. The fourth-order valence-corrected chi connectivity index (χ4v) is 2.20. The molecule has 0 amide bonds. The third-order valence-corrected chi connectivity index (χ3v) is 3.28. The Kier molecular flexibility index (Phi) is 3.60. The van der Waals surface area contributed by atoms with Crippen LogP contribution in [0, 0.1) is 0 Å². The molecule has 0 aliphatic heterocycles. The standard InChI is InChI=1S/C17H15NO3/c1-20-17(19)18-10-9-14-7-8-15(11-16(14)18)21-12-13-5-3-2-4-6-13/h2-11H,12H2,1H3. The molecule has 4 heteroatoms. The van der Waals surface area contributed by atoms with Gasteiger partial charge in [-0.1, -0.05) is 30.3 Å². The molecule has 0 N–H and O–H groups in total. The van der Waals surface area contributed by atoms with Gasteiger partial charge in [-0.05, 0) is 23.8 Å². The second-order valence-corrected chi connectivity index (χ2v) is 4.65. The molecule has 0 aliphatic carbocycles. The second-order valence-electron chi connectivity index (χ2n) is 4.65. The first-order valence-corrected chi connectivity index (χ1v) is 6.64. The average molecular weight is 281 g/mol. The highest BCUT2D eigenvalue weighted by Crippen LogP contribution is 2.23. The van der Waals surface area contributed by atoms with Gasteiger partial charge in [0.1, 0.15) is 12.4 Å². The van der Waals surface area contributed by atoms with Crippen LogP contribution in [0.3, 0.4) is 0 Å². The molecule has 1 heterocycles. The largest absolute Gasteiger partial charge is 0.489 e. The van der Waals surface area contributed by atoms with Gasteiger partial charge >= 0.3 is 6.09 Å². The molecule has 0 aliphatic rings. The molecule has 0 unspecified atom stereocenters. The van der Waals surface area contributed by atoms with E-state index in [2.05, 4.69) is 0 Å². The number of methoxy groups -OCH3 is 1. The summed E-state index contributed by atoms with van der Waals surface area (Å²) >= 11 is 0. The number of benzene rings is 2. The molecule has 2 aromatic carbocycles. The summed E-state index contributed by atoms with van der Waals surface area (Å²) in [6, 6.07) is 17.5. The summed E-state index contributed by atoms with van der Waals surface area (Å²) in [7, 11) is 1.37. The van der Waals surface area contributed by atoms with E-state index in [1.165, 1.54) is 11.7 Å². The van der Waals surface area contributed by atoms with Crippen molar-refractivity contribution in [3.63, 3.8) is 0 Å². The lowest BCUT2D eigenvalue weighted by molar-refractivity contribution is 0.174. The predicted molar refractivity (Wildman–Crippen MR) is 80.5 cm³/mol. The molecule has 0 saturated heterocycles. The number of hydrogen-bond acceptors (Lipinski definition) is 3. The normalized spacial score (nSPS) is 10.5. The number of nitrogens with zero attached hydrogens (tertiary/aromatic N) is 1. The summed E-state index contributed by atoms with van der Waals surface area (Å²) in [6.45, 7) is 0.491. The van der Waals surface area contributed by atoms with Gasteiger partial charge in [0.15, 0.2) is 0 Å². The summed E-state index contributed by atoms with van der Waals surface area (Å²) in [5.41, 5.74) is 1.87. The molecular weight excluding hydrogens is 266 g/mol. The van der Waals surface area contributed by atoms with Crippen LogP contribution >= 0.6 is 0 Å². The van der Waals surface area contributed by atoms with Crippen LogP contribution in [0.25, 0.3) is 10.9 Å². The Bertz CT molecular complexity index is 762. The van der Waals surface area contributed by atoms with Gasteiger partial charge in [-0.2, -0.15) is 0 Å². The van der Waals surface area contributed by atoms with Crippen LogP contribution in [-0.2, 0) is 11.3 Å². The summed E-state index contributed by atoms with van der Waals surface area (Å²) < 4.78 is 12.0. The van der Waals surface area contributed by atoms with Crippen LogP contribution in [0.1, 0.15) is 5.56 Å². The number of fused-ring (bicyclic) bond motifs is 1. The van der Waals surface area contributed by atoms with E-state index in [1.54, 1.807) is 6.20 Å². The van der Waals surface area contributed by atoms with Gasteiger partial charge in [0.2, 0.25) is 0 Å². The van der Waals surface area contributed by atoms with Gasteiger partial charge in [-0.3, -0.25) is 4.57 Å². The van der Waals surface area contributed by atoms with E-state index in [0.717, 1.165) is 22.2 Å². The molecule has 106 valence electrons. The van der Waals surface area contributed by atoms with Crippen molar-refractivity contribution in [3.05, 3.63) is 66.4 Å². The Balaban J connectivity index is 1.84. The highest BCUT2D eigenvalue weighted by molar-refractivity contribution is 5.90. The molecule has 0 saturated carbocycles. The quantitative estimate of drug-likeness (QED) is 0.732. The van der Waals surface area contributed by atoms with Crippen molar-refractivity contribution in [2.24, 2.45) is 0 Å². The van der Waals surface area contributed by atoms with E-state index >= 15 is 0 Å². The summed E-state index contributed by atoms with van der Waals surface area (Å²) in [5.74, 6) is 0.718. The number of hydrogen-bond donors (Lipinski definition) is 0. The number of ether oxygens (including phenoxy) is 2. The molecule has 0 radical (unpaired) electrons. The molecule has 1 aromatic heterocycles. The zero-order valence-electron chi connectivity index (χ0n) is 11.7. The summed E-state index contributed by atoms with van der Waals surface area (Å²) in [4.78, 5) is 11.7. The van der Waals surface area contributed by atoms with E-state index < -0.39 is 6.09 Å². The van der Waals surface area contributed by atoms with Crippen molar-refractivity contribution in [1.29, 1.82) is 0 Å². The Hall–Kier alpha value is -2.75. The number of aromatic nitrogens is 1. The minimum atomic E-state index is -0.412. The molecule has 4 nitrogen and oxygen atoms in total. The summed E-state index contributed by atoms with van der Waals surface area (Å²) in [6.07, 6.45) is 1.28. The van der Waals surface area contributed by atoms with Crippen molar-refractivity contribution in [2.45, 2.75) is 6.61 Å². The number of carbonyl (C=O) groups excluding carboxylic acids is 1.